The van der Waals surface area contributed by atoms with E-state index in [1.165, 1.54) is 7.11 Å². The summed E-state index contributed by atoms with van der Waals surface area (Å²) in [5.74, 6) is 0.872. The highest BCUT2D eigenvalue weighted by atomic mass is 16.5. The molecule has 0 N–H and O–H groups in total. The number of benzene rings is 2. The van der Waals surface area contributed by atoms with Crippen LogP contribution < -0.4 is 9.47 Å². The van der Waals surface area contributed by atoms with Gasteiger partial charge in [0.05, 0.1) is 33.5 Å². The molecule has 0 aliphatic carbocycles. The van der Waals surface area contributed by atoms with Gasteiger partial charge < -0.3 is 28.7 Å². The summed E-state index contributed by atoms with van der Waals surface area (Å²) in [6.07, 6.45) is -0.297. The summed E-state index contributed by atoms with van der Waals surface area (Å²) in [4.78, 5) is 29.7. The second-order valence-corrected chi connectivity index (χ2v) is 7.92. The van der Waals surface area contributed by atoms with Gasteiger partial charge in [-0.15, -0.1) is 0 Å². The number of carbonyl (C=O) groups is 2. The van der Waals surface area contributed by atoms with Gasteiger partial charge in [-0.1, -0.05) is 17.7 Å². The van der Waals surface area contributed by atoms with E-state index in [4.69, 9.17) is 18.9 Å². The van der Waals surface area contributed by atoms with Gasteiger partial charge in [0.25, 0.3) is 11.8 Å². The summed E-state index contributed by atoms with van der Waals surface area (Å²) >= 11 is 0. The molecule has 1 atom stereocenters. The van der Waals surface area contributed by atoms with Crippen molar-refractivity contribution in [3.63, 3.8) is 0 Å². The first-order chi connectivity index (χ1) is 16.0. The summed E-state index contributed by atoms with van der Waals surface area (Å²) in [6.45, 7) is 4.47. The third-order valence-corrected chi connectivity index (χ3v) is 5.63. The van der Waals surface area contributed by atoms with E-state index in [1.807, 2.05) is 31.2 Å². The second kappa shape index (κ2) is 11.7. The first kappa shape index (κ1) is 24.5. The van der Waals surface area contributed by atoms with Crippen molar-refractivity contribution in [1.82, 2.24) is 9.80 Å². The van der Waals surface area contributed by atoms with Crippen molar-refractivity contribution in [2.24, 2.45) is 0 Å². The molecule has 2 aromatic rings. The van der Waals surface area contributed by atoms with Crippen molar-refractivity contribution in [1.29, 1.82) is 0 Å². The SMILES string of the molecule is COCCN(C[C@H]1CN(C(=O)c2ccc(OC)c(OC)c2)CCO1)C(=O)c1ccc(C)cc1. The number of methoxy groups -OCH3 is 3. The number of carbonyl (C=O) groups excluding carboxylic acids is 2. The number of hydrogen-bond donors (Lipinski definition) is 0. The maximum Gasteiger partial charge on any atom is 0.254 e. The van der Waals surface area contributed by atoms with E-state index in [-0.39, 0.29) is 17.9 Å². The van der Waals surface area contributed by atoms with Crippen molar-refractivity contribution in [3.8, 4) is 11.5 Å². The smallest absolute Gasteiger partial charge is 0.254 e. The van der Waals surface area contributed by atoms with E-state index in [0.717, 1.165) is 5.56 Å². The number of nitrogens with zero attached hydrogens (tertiary/aromatic N) is 2. The highest BCUT2D eigenvalue weighted by molar-refractivity contribution is 5.95. The van der Waals surface area contributed by atoms with Crippen molar-refractivity contribution >= 4 is 11.8 Å². The molecule has 33 heavy (non-hydrogen) atoms. The molecule has 1 aliphatic heterocycles. The number of rotatable bonds is 9. The van der Waals surface area contributed by atoms with Crippen molar-refractivity contribution in [2.75, 3.05) is 60.7 Å². The topological polar surface area (TPSA) is 77.5 Å². The highest BCUT2D eigenvalue weighted by Crippen LogP contribution is 2.28. The highest BCUT2D eigenvalue weighted by Gasteiger charge is 2.28. The Kier molecular flexibility index (Phi) is 8.68. The molecule has 2 aromatic carbocycles. The van der Waals surface area contributed by atoms with Crippen molar-refractivity contribution < 1.29 is 28.5 Å². The Morgan fingerprint density at radius 3 is 2.39 bits per heavy atom. The third kappa shape index (κ3) is 6.24. The van der Waals surface area contributed by atoms with Crippen LogP contribution in [0.25, 0.3) is 0 Å². The van der Waals surface area contributed by atoms with Crippen molar-refractivity contribution in [2.45, 2.75) is 13.0 Å². The van der Waals surface area contributed by atoms with Gasteiger partial charge in [-0.05, 0) is 37.3 Å². The third-order valence-electron chi connectivity index (χ3n) is 5.63. The molecule has 1 fully saturated rings. The zero-order valence-electron chi connectivity index (χ0n) is 19.7. The molecule has 0 aromatic heterocycles. The van der Waals surface area contributed by atoms with Gasteiger partial charge in [0.15, 0.2) is 11.5 Å². The van der Waals surface area contributed by atoms with Crippen LogP contribution in [0.15, 0.2) is 42.5 Å². The fourth-order valence-corrected chi connectivity index (χ4v) is 3.77. The predicted molar refractivity (Wildman–Crippen MR) is 124 cm³/mol. The number of aryl methyl sites for hydroxylation is 1. The van der Waals surface area contributed by atoms with Crippen LogP contribution in [0.4, 0.5) is 0 Å². The van der Waals surface area contributed by atoms with E-state index in [0.29, 0.717) is 62.0 Å². The van der Waals surface area contributed by atoms with Gasteiger partial charge in [-0.3, -0.25) is 9.59 Å². The molecule has 0 spiro atoms. The Balaban J connectivity index is 1.70. The first-order valence-electron chi connectivity index (χ1n) is 10.9. The van der Waals surface area contributed by atoms with E-state index >= 15 is 0 Å². The van der Waals surface area contributed by atoms with Crippen LogP contribution in [-0.4, -0.2) is 88.4 Å². The summed E-state index contributed by atoms with van der Waals surface area (Å²) in [5.41, 5.74) is 2.22. The molecule has 2 amide bonds. The molecule has 0 bridgehead atoms. The lowest BCUT2D eigenvalue weighted by Gasteiger charge is -2.36. The summed E-state index contributed by atoms with van der Waals surface area (Å²) in [5, 5.41) is 0. The fraction of sp³-hybridized carbons (Fsp3) is 0.440. The molecule has 1 heterocycles. The first-order valence-corrected chi connectivity index (χ1v) is 10.9. The summed E-state index contributed by atoms with van der Waals surface area (Å²) in [7, 11) is 4.70. The normalized spacial score (nSPS) is 15.8. The minimum absolute atomic E-state index is 0.0843. The minimum Gasteiger partial charge on any atom is -0.493 e. The van der Waals surface area contributed by atoms with Crippen LogP contribution in [-0.2, 0) is 9.47 Å². The average Bonchev–Trinajstić information content (AvgIpc) is 2.85. The van der Waals surface area contributed by atoms with E-state index in [2.05, 4.69) is 0 Å². The van der Waals surface area contributed by atoms with Gasteiger partial charge in [-0.2, -0.15) is 0 Å². The largest absolute Gasteiger partial charge is 0.493 e. The van der Waals surface area contributed by atoms with E-state index < -0.39 is 0 Å². The molecule has 0 saturated carbocycles. The molecule has 1 aliphatic rings. The molecular formula is C25H32N2O6. The van der Waals surface area contributed by atoms with E-state index in [9.17, 15) is 9.59 Å². The molecule has 8 heteroatoms. The molecule has 0 radical (unpaired) electrons. The van der Waals surface area contributed by atoms with E-state index in [1.54, 1.807) is 42.2 Å². The Bertz CT molecular complexity index is 946. The van der Waals surface area contributed by atoms with Crippen LogP contribution in [0.2, 0.25) is 0 Å². The maximum atomic E-state index is 13.1. The van der Waals surface area contributed by atoms with Crippen molar-refractivity contribution in [3.05, 3.63) is 59.2 Å². The average molecular weight is 457 g/mol. The molecule has 3 rings (SSSR count). The Morgan fingerprint density at radius 1 is 1.03 bits per heavy atom. The van der Waals surface area contributed by atoms with Crippen LogP contribution >= 0.6 is 0 Å². The van der Waals surface area contributed by atoms with Gasteiger partial charge in [0.2, 0.25) is 0 Å². The standard InChI is InChI=1S/C25H32N2O6/c1-18-5-7-19(8-6-18)24(28)26(11-13-30-2)16-21-17-27(12-14-33-21)25(29)20-9-10-22(31-3)23(15-20)32-4/h5-10,15,21H,11-14,16-17H2,1-4H3/t21-/m0/s1. The minimum atomic E-state index is -0.297. The number of ether oxygens (including phenoxy) is 4. The second-order valence-electron chi connectivity index (χ2n) is 7.92. The lowest BCUT2D eigenvalue weighted by Crippen LogP contribution is -2.51. The molecule has 1 saturated heterocycles. The predicted octanol–water partition coefficient (Wildman–Crippen LogP) is 2.64. The number of amides is 2. The van der Waals surface area contributed by atoms with Gasteiger partial charge in [-0.25, -0.2) is 0 Å². The molecule has 0 unspecified atom stereocenters. The molecule has 178 valence electrons. The van der Waals surface area contributed by atoms with Gasteiger partial charge in [0.1, 0.15) is 0 Å². The fourth-order valence-electron chi connectivity index (χ4n) is 3.77. The summed E-state index contributed by atoms with van der Waals surface area (Å²) < 4.78 is 21.7. The van der Waals surface area contributed by atoms with Gasteiger partial charge in [0, 0.05) is 44.4 Å². The van der Waals surface area contributed by atoms with Crippen LogP contribution in [0, 0.1) is 6.92 Å². The van der Waals surface area contributed by atoms with Crippen LogP contribution in [0.5, 0.6) is 11.5 Å². The summed E-state index contributed by atoms with van der Waals surface area (Å²) in [6, 6.07) is 12.6. The van der Waals surface area contributed by atoms with Crippen LogP contribution in [0.3, 0.4) is 0 Å². The zero-order valence-corrected chi connectivity index (χ0v) is 19.7. The lowest BCUT2D eigenvalue weighted by atomic mass is 10.1. The van der Waals surface area contributed by atoms with Crippen LogP contribution in [0.1, 0.15) is 26.3 Å². The number of morpholine rings is 1. The molecule has 8 nitrogen and oxygen atoms in total. The monoisotopic (exact) mass is 456 g/mol. The quantitative estimate of drug-likeness (QED) is 0.577. The Labute approximate surface area is 195 Å². The Morgan fingerprint density at radius 2 is 1.73 bits per heavy atom. The van der Waals surface area contributed by atoms with Gasteiger partial charge >= 0.3 is 0 Å². The zero-order chi connectivity index (χ0) is 23.8. The maximum absolute atomic E-state index is 13.1. The number of hydrogen-bond acceptors (Lipinski definition) is 6. The Hall–Kier alpha value is -3.10. The lowest BCUT2D eigenvalue weighted by molar-refractivity contribution is -0.0347. The molecular weight excluding hydrogens is 424 g/mol.